The third kappa shape index (κ3) is 3.05. The molecule has 1 N–H and O–H groups in total. The van der Waals surface area contributed by atoms with E-state index in [0.29, 0.717) is 6.04 Å². The minimum Gasteiger partial charge on any atom is -0.445 e. The number of rotatable bonds is 2. The van der Waals surface area contributed by atoms with E-state index in [9.17, 15) is 4.79 Å². The second-order valence-electron chi connectivity index (χ2n) is 6.71. The number of ether oxygens (including phenoxy) is 1. The molecule has 3 rings (SSSR count). The van der Waals surface area contributed by atoms with Crippen molar-refractivity contribution < 1.29 is 14.0 Å². The highest BCUT2D eigenvalue weighted by Crippen LogP contribution is 2.36. The average Bonchev–Trinajstić information content (AvgIpc) is 2.47. The summed E-state index contributed by atoms with van der Waals surface area (Å²) in [4.78, 5) is 11.2. The Hall–Kier alpha value is -1.55. The number of fused-ring (bicyclic) bond motifs is 1. The maximum absolute atomic E-state index is 11.2. The van der Waals surface area contributed by atoms with Crippen molar-refractivity contribution in [2.75, 3.05) is 19.1 Å². The van der Waals surface area contributed by atoms with Crippen LogP contribution < -0.4 is 10.1 Å². The van der Waals surface area contributed by atoms with Crippen LogP contribution in [0.5, 0.6) is 5.75 Å². The Balaban J connectivity index is 1.80. The molecule has 0 spiro atoms. The van der Waals surface area contributed by atoms with Crippen molar-refractivity contribution in [2.24, 2.45) is 0 Å². The molecule has 0 saturated heterocycles. The van der Waals surface area contributed by atoms with Crippen molar-refractivity contribution in [1.29, 1.82) is 0 Å². The molecule has 2 aliphatic rings. The molecule has 21 heavy (non-hydrogen) atoms. The van der Waals surface area contributed by atoms with Crippen LogP contribution in [0.2, 0.25) is 0 Å². The van der Waals surface area contributed by atoms with Crippen LogP contribution in [-0.2, 0) is 11.3 Å². The van der Waals surface area contributed by atoms with Crippen LogP contribution in [0.4, 0.5) is 5.69 Å². The number of carbonyl (C=O) groups is 1. The van der Waals surface area contributed by atoms with Crippen molar-refractivity contribution >= 4 is 11.6 Å². The molecule has 4 nitrogen and oxygen atoms in total. The molecule has 1 aliphatic carbocycles. The number of hydrogen-bond acceptors (Lipinski definition) is 2. The molecular formula is C17H25N2O2+. The van der Waals surface area contributed by atoms with Gasteiger partial charge in [-0.1, -0.05) is 6.42 Å². The normalized spacial score (nSPS) is 25.8. The van der Waals surface area contributed by atoms with Crippen molar-refractivity contribution in [3.8, 4) is 5.75 Å². The Kier molecular flexibility index (Phi) is 3.89. The lowest BCUT2D eigenvalue weighted by Crippen LogP contribution is -2.56. The first-order valence-corrected chi connectivity index (χ1v) is 7.94. The van der Waals surface area contributed by atoms with Crippen LogP contribution in [0.3, 0.4) is 0 Å². The summed E-state index contributed by atoms with van der Waals surface area (Å²) in [6.45, 7) is 3.29. The highest BCUT2D eigenvalue weighted by atomic mass is 16.5. The lowest BCUT2D eigenvalue weighted by atomic mass is 9.92. The van der Waals surface area contributed by atoms with Crippen LogP contribution in [0, 0.1) is 0 Å². The second kappa shape index (κ2) is 5.68. The van der Waals surface area contributed by atoms with Gasteiger partial charge in [-0.15, -0.1) is 0 Å². The fourth-order valence-electron chi connectivity index (χ4n) is 3.72. The summed E-state index contributed by atoms with van der Waals surface area (Å²) in [5, 5.41) is 2.86. The maximum atomic E-state index is 11.2. The maximum Gasteiger partial charge on any atom is 0.224 e. The summed E-state index contributed by atoms with van der Waals surface area (Å²) in [5.74, 6) is 0.937. The van der Waals surface area contributed by atoms with Crippen LogP contribution in [0.15, 0.2) is 18.2 Å². The van der Waals surface area contributed by atoms with Crippen LogP contribution in [0.25, 0.3) is 0 Å². The predicted molar refractivity (Wildman–Crippen MR) is 83.0 cm³/mol. The zero-order valence-electron chi connectivity index (χ0n) is 13.0. The van der Waals surface area contributed by atoms with Gasteiger partial charge in [-0.2, -0.15) is 0 Å². The highest BCUT2D eigenvalue weighted by molar-refractivity contribution is 5.88. The minimum absolute atomic E-state index is 0.0313. The number of hydrogen-bond donors (Lipinski definition) is 1. The van der Waals surface area contributed by atoms with E-state index < -0.39 is 0 Å². The van der Waals surface area contributed by atoms with E-state index in [1.807, 2.05) is 12.1 Å². The van der Waals surface area contributed by atoms with Crippen LogP contribution >= 0.6 is 0 Å². The SMILES string of the molecule is CC(=O)Nc1ccc2c(c1)C[N+](C)(C1CCCCC1)CO2. The van der Waals surface area contributed by atoms with Gasteiger partial charge >= 0.3 is 0 Å². The predicted octanol–water partition coefficient (Wildman–Crippen LogP) is 3.27. The van der Waals surface area contributed by atoms with Gasteiger partial charge in [0.05, 0.1) is 18.7 Å². The van der Waals surface area contributed by atoms with Crippen LogP contribution in [0.1, 0.15) is 44.6 Å². The van der Waals surface area contributed by atoms with E-state index in [2.05, 4.69) is 18.4 Å². The zero-order chi connectivity index (χ0) is 14.9. The molecule has 1 heterocycles. The van der Waals surface area contributed by atoms with Gasteiger partial charge in [-0.25, -0.2) is 0 Å². The number of anilines is 1. The van der Waals surface area contributed by atoms with E-state index in [1.54, 1.807) is 0 Å². The molecule has 1 atom stereocenters. The quantitative estimate of drug-likeness (QED) is 0.849. The fourth-order valence-corrected chi connectivity index (χ4v) is 3.72. The molecular weight excluding hydrogens is 264 g/mol. The second-order valence-corrected chi connectivity index (χ2v) is 6.71. The number of quaternary nitrogens is 1. The van der Waals surface area contributed by atoms with Gasteiger partial charge < -0.3 is 10.1 Å². The van der Waals surface area contributed by atoms with E-state index in [-0.39, 0.29) is 5.91 Å². The summed E-state index contributed by atoms with van der Waals surface area (Å²) in [5.41, 5.74) is 2.07. The monoisotopic (exact) mass is 289 g/mol. The number of nitrogens with zero attached hydrogens (tertiary/aromatic N) is 1. The van der Waals surface area contributed by atoms with Crippen LogP contribution in [-0.4, -0.2) is 30.2 Å². The Bertz CT molecular complexity index is 538. The number of carbonyl (C=O) groups excluding carboxylic acids is 1. The molecule has 1 unspecified atom stereocenters. The first-order valence-electron chi connectivity index (χ1n) is 7.94. The third-order valence-electron chi connectivity index (χ3n) is 4.88. The largest absolute Gasteiger partial charge is 0.445 e. The van der Waals surface area contributed by atoms with Gasteiger partial charge in [0.2, 0.25) is 12.6 Å². The van der Waals surface area contributed by atoms with Crippen molar-refractivity contribution in [2.45, 2.75) is 51.6 Å². The lowest BCUT2D eigenvalue weighted by Gasteiger charge is -2.45. The topological polar surface area (TPSA) is 38.3 Å². The minimum atomic E-state index is -0.0313. The molecule has 4 heteroatoms. The Morgan fingerprint density at radius 3 is 2.76 bits per heavy atom. The van der Waals surface area contributed by atoms with Crippen molar-refractivity contribution in [1.82, 2.24) is 0 Å². The number of benzene rings is 1. The standard InChI is InChI=1S/C17H24N2O2/c1-13(20)18-15-8-9-17-14(10-15)11-19(2,12-21-17)16-6-4-3-5-7-16/h8-10,16H,3-7,11-12H2,1-2H3/p+1. The molecule has 1 aliphatic heterocycles. The molecule has 0 radical (unpaired) electrons. The molecule has 114 valence electrons. The molecule has 1 fully saturated rings. The van der Waals surface area contributed by atoms with Gasteiger partial charge in [0, 0.05) is 12.6 Å². The third-order valence-corrected chi connectivity index (χ3v) is 4.88. The van der Waals surface area contributed by atoms with Gasteiger partial charge in [0.1, 0.15) is 12.3 Å². The number of amides is 1. The van der Waals surface area contributed by atoms with Crippen molar-refractivity contribution in [3.05, 3.63) is 23.8 Å². The van der Waals surface area contributed by atoms with Gasteiger partial charge in [-0.3, -0.25) is 9.28 Å². The summed E-state index contributed by atoms with van der Waals surface area (Å²) in [6, 6.07) is 6.66. The molecule has 0 bridgehead atoms. The first-order chi connectivity index (χ1) is 10.1. The smallest absolute Gasteiger partial charge is 0.224 e. The van der Waals surface area contributed by atoms with Gasteiger partial charge in [0.25, 0.3) is 0 Å². The Labute approximate surface area is 126 Å². The zero-order valence-corrected chi connectivity index (χ0v) is 13.0. The van der Waals surface area contributed by atoms with E-state index in [0.717, 1.165) is 29.2 Å². The Morgan fingerprint density at radius 1 is 1.29 bits per heavy atom. The molecule has 1 aromatic rings. The fraction of sp³-hybridized carbons (Fsp3) is 0.588. The molecule has 1 amide bonds. The summed E-state index contributed by atoms with van der Waals surface area (Å²) < 4.78 is 6.98. The van der Waals surface area contributed by atoms with E-state index >= 15 is 0 Å². The summed E-state index contributed by atoms with van der Waals surface area (Å²) in [7, 11) is 2.31. The highest BCUT2D eigenvalue weighted by Gasteiger charge is 2.38. The molecule has 1 saturated carbocycles. The van der Waals surface area contributed by atoms with Crippen molar-refractivity contribution in [3.63, 3.8) is 0 Å². The molecule has 1 aromatic carbocycles. The number of nitrogens with one attached hydrogen (secondary N) is 1. The molecule has 0 aromatic heterocycles. The summed E-state index contributed by atoms with van der Waals surface area (Å²) in [6.07, 6.45) is 6.68. The average molecular weight is 289 g/mol. The first kappa shape index (κ1) is 14.4. The van der Waals surface area contributed by atoms with Gasteiger partial charge in [0.15, 0.2) is 0 Å². The van der Waals surface area contributed by atoms with Gasteiger partial charge in [-0.05, 0) is 43.9 Å². The Morgan fingerprint density at radius 2 is 2.05 bits per heavy atom. The van der Waals surface area contributed by atoms with E-state index in [1.165, 1.54) is 44.6 Å². The van der Waals surface area contributed by atoms with E-state index in [4.69, 9.17) is 4.74 Å². The summed E-state index contributed by atoms with van der Waals surface area (Å²) >= 11 is 0. The lowest BCUT2D eigenvalue weighted by molar-refractivity contribution is -0.963.